The van der Waals surface area contributed by atoms with E-state index in [-0.39, 0.29) is 35.9 Å². The lowest BCUT2D eigenvalue weighted by Gasteiger charge is -2.31. The molecule has 0 bridgehead atoms. The van der Waals surface area contributed by atoms with Gasteiger partial charge in [-0.2, -0.15) is 0 Å². The van der Waals surface area contributed by atoms with Gasteiger partial charge < -0.3 is 15.0 Å². The minimum absolute atomic E-state index is 0.0704. The van der Waals surface area contributed by atoms with E-state index in [0.29, 0.717) is 31.5 Å². The Morgan fingerprint density at radius 3 is 2.89 bits per heavy atom. The zero-order valence-electron chi connectivity index (χ0n) is 15.5. The number of pyridine rings is 1. The van der Waals surface area contributed by atoms with Crippen molar-refractivity contribution in [3.8, 4) is 11.6 Å². The third-order valence-corrected chi connectivity index (χ3v) is 4.66. The number of aromatic nitrogens is 1. The second-order valence-corrected chi connectivity index (χ2v) is 6.53. The molecule has 1 aliphatic rings. The van der Waals surface area contributed by atoms with Gasteiger partial charge in [-0.3, -0.25) is 9.59 Å². The lowest BCUT2D eigenvalue weighted by molar-refractivity contribution is -0.138. The Hall–Kier alpha value is -3.03. The largest absolute Gasteiger partial charge is 0.439 e. The van der Waals surface area contributed by atoms with E-state index in [4.69, 9.17) is 4.74 Å². The van der Waals surface area contributed by atoms with Gasteiger partial charge >= 0.3 is 0 Å². The number of benzene rings is 1. The molecule has 8 heteroatoms. The molecule has 0 radical (unpaired) electrons. The second-order valence-electron chi connectivity index (χ2n) is 6.53. The van der Waals surface area contributed by atoms with Crippen LogP contribution in [0.25, 0.3) is 0 Å². The number of carbonyl (C=O) groups is 2. The number of carbonyl (C=O) groups excluding carboxylic acids is 2. The minimum atomic E-state index is -1.02. The van der Waals surface area contributed by atoms with Crippen LogP contribution in [-0.4, -0.2) is 34.8 Å². The number of piperidine rings is 1. The maximum Gasteiger partial charge on any atom is 0.225 e. The van der Waals surface area contributed by atoms with Gasteiger partial charge in [0.25, 0.3) is 0 Å². The molecule has 28 heavy (non-hydrogen) atoms. The van der Waals surface area contributed by atoms with Crippen molar-refractivity contribution < 1.29 is 23.1 Å². The Balaban J connectivity index is 1.64. The van der Waals surface area contributed by atoms with Crippen LogP contribution in [0.15, 0.2) is 36.5 Å². The SMILES string of the molecule is CCN1CC(C(=O)NCc2cccnc2Oc2ccc(F)c(F)c2)CCC1=O. The van der Waals surface area contributed by atoms with E-state index in [0.717, 1.165) is 12.1 Å². The topological polar surface area (TPSA) is 71.5 Å². The minimum Gasteiger partial charge on any atom is -0.439 e. The van der Waals surface area contributed by atoms with Crippen LogP contribution < -0.4 is 10.1 Å². The van der Waals surface area contributed by atoms with E-state index < -0.39 is 11.6 Å². The number of likely N-dealkylation sites (tertiary alicyclic amines) is 1. The first-order chi connectivity index (χ1) is 13.5. The van der Waals surface area contributed by atoms with Gasteiger partial charge in [0, 0.05) is 43.9 Å². The zero-order valence-corrected chi connectivity index (χ0v) is 15.5. The van der Waals surface area contributed by atoms with Crippen LogP contribution >= 0.6 is 0 Å². The van der Waals surface area contributed by atoms with E-state index >= 15 is 0 Å². The molecular weight excluding hydrogens is 368 g/mol. The van der Waals surface area contributed by atoms with E-state index in [9.17, 15) is 18.4 Å². The van der Waals surface area contributed by atoms with Crippen LogP contribution in [0.5, 0.6) is 11.6 Å². The smallest absolute Gasteiger partial charge is 0.225 e. The molecule has 148 valence electrons. The van der Waals surface area contributed by atoms with Gasteiger partial charge in [0.2, 0.25) is 17.7 Å². The molecule has 0 spiro atoms. The quantitative estimate of drug-likeness (QED) is 0.824. The predicted molar refractivity (Wildman–Crippen MR) is 97.5 cm³/mol. The summed E-state index contributed by atoms with van der Waals surface area (Å²) in [7, 11) is 0. The molecule has 1 atom stereocenters. The molecule has 1 fully saturated rings. The van der Waals surface area contributed by atoms with Crippen molar-refractivity contribution in [3.63, 3.8) is 0 Å². The maximum atomic E-state index is 13.4. The van der Waals surface area contributed by atoms with Crippen LogP contribution in [0.1, 0.15) is 25.3 Å². The molecule has 3 rings (SSSR count). The first kappa shape index (κ1) is 19.7. The lowest BCUT2D eigenvalue weighted by atomic mass is 9.96. The first-order valence-electron chi connectivity index (χ1n) is 9.10. The molecule has 1 unspecified atom stereocenters. The molecule has 1 aliphatic heterocycles. The van der Waals surface area contributed by atoms with Crippen LogP contribution in [-0.2, 0) is 16.1 Å². The highest BCUT2D eigenvalue weighted by molar-refractivity contribution is 5.83. The molecule has 1 aromatic carbocycles. The van der Waals surface area contributed by atoms with Crippen LogP contribution in [0.2, 0.25) is 0 Å². The summed E-state index contributed by atoms with van der Waals surface area (Å²) in [5.74, 6) is -2.01. The molecule has 1 saturated heterocycles. The maximum absolute atomic E-state index is 13.4. The first-order valence-corrected chi connectivity index (χ1v) is 9.10. The molecule has 2 heterocycles. The summed E-state index contributed by atoms with van der Waals surface area (Å²) in [6.45, 7) is 3.04. The molecule has 0 saturated carbocycles. The van der Waals surface area contributed by atoms with E-state index in [1.54, 1.807) is 17.0 Å². The highest BCUT2D eigenvalue weighted by Crippen LogP contribution is 2.25. The number of nitrogens with one attached hydrogen (secondary N) is 1. The number of rotatable bonds is 6. The second kappa shape index (κ2) is 8.77. The Bertz CT molecular complexity index is 876. The number of nitrogens with zero attached hydrogens (tertiary/aromatic N) is 2. The molecule has 1 aromatic heterocycles. The average Bonchev–Trinajstić information content (AvgIpc) is 2.70. The molecule has 1 N–H and O–H groups in total. The average molecular weight is 389 g/mol. The van der Waals surface area contributed by atoms with Gasteiger partial charge in [0.05, 0.1) is 5.92 Å². The summed E-state index contributed by atoms with van der Waals surface area (Å²) in [5.41, 5.74) is 0.597. The summed E-state index contributed by atoms with van der Waals surface area (Å²) in [6.07, 6.45) is 2.39. The van der Waals surface area contributed by atoms with Gasteiger partial charge in [0.1, 0.15) is 5.75 Å². The van der Waals surface area contributed by atoms with Gasteiger partial charge in [-0.05, 0) is 31.5 Å². The van der Waals surface area contributed by atoms with Crippen LogP contribution in [0, 0.1) is 17.6 Å². The van der Waals surface area contributed by atoms with Gasteiger partial charge in [0.15, 0.2) is 11.6 Å². The Morgan fingerprint density at radius 1 is 1.32 bits per heavy atom. The molecule has 0 aliphatic carbocycles. The normalized spacial score (nSPS) is 16.8. The van der Waals surface area contributed by atoms with Gasteiger partial charge in [-0.15, -0.1) is 0 Å². The number of amides is 2. The Labute approximate surface area is 161 Å². The van der Waals surface area contributed by atoms with Crippen molar-refractivity contribution in [1.29, 1.82) is 0 Å². The van der Waals surface area contributed by atoms with Crippen molar-refractivity contribution in [1.82, 2.24) is 15.2 Å². The fraction of sp³-hybridized carbons (Fsp3) is 0.350. The Kier molecular flexibility index (Phi) is 6.18. The Morgan fingerprint density at radius 2 is 2.14 bits per heavy atom. The summed E-state index contributed by atoms with van der Waals surface area (Å²) >= 11 is 0. The summed E-state index contributed by atoms with van der Waals surface area (Å²) in [5, 5.41) is 2.84. The zero-order chi connectivity index (χ0) is 20.1. The van der Waals surface area contributed by atoms with Crippen molar-refractivity contribution in [2.24, 2.45) is 5.92 Å². The highest BCUT2D eigenvalue weighted by Gasteiger charge is 2.29. The summed E-state index contributed by atoms with van der Waals surface area (Å²) in [4.78, 5) is 30.0. The van der Waals surface area contributed by atoms with Crippen LogP contribution in [0.3, 0.4) is 0 Å². The summed E-state index contributed by atoms with van der Waals surface area (Å²) in [6, 6.07) is 6.63. The van der Waals surface area contributed by atoms with E-state index in [2.05, 4.69) is 10.3 Å². The third-order valence-electron chi connectivity index (χ3n) is 4.66. The standard InChI is InChI=1S/C20H21F2N3O3/c1-2-25-12-14(5-8-18(25)26)19(27)24-11-13-4-3-9-23-20(13)28-15-6-7-16(21)17(22)10-15/h3-4,6-7,9-10,14H,2,5,8,11-12H2,1H3,(H,24,27). The fourth-order valence-corrected chi connectivity index (χ4v) is 3.06. The van der Waals surface area contributed by atoms with E-state index in [1.165, 1.54) is 12.3 Å². The fourth-order valence-electron chi connectivity index (χ4n) is 3.06. The molecule has 2 aromatic rings. The highest BCUT2D eigenvalue weighted by atomic mass is 19.2. The van der Waals surface area contributed by atoms with Crippen molar-refractivity contribution in [2.75, 3.05) is 13.1 Å². The number of ether oxygens (including phenoxy) is 1. The number of hydrogen-bond donors (Lipinski definition) is 1. The molecule has 6 nitrogen and oxygen atoms in total. The molecule has 2 amide bonds. The van der Waals surface area contributed by atoms with Crippen molar-refractivity contribution in [2.45, 2.75) is 26.3 Å². The van der Waals surface area contributed by atoms with Crippen LogP contribution in [0.4, 0.5) is 8.78 Å². The number of halogens is 2. The van der Waals surface area contributed by atoms with Gasteiger partial charge in [-0.1, -0.05) is 6.07 Å². The monoisotopic (exact) mass is 389 g/mol. The molecular formula is C20H21F2N3O3. The third kappa shape index (κ3) is 4.62. The van der Waals surface area contributed by atoms with Crippen molar-refractivity contribution in [3.05, 3.63) is 53.7 Å². The predicted octanol–water partition coefficient (Wildman–Crippen LogP) is 3.03. The van der Waals surface area contributed by atoms with Gasteiger partial charge in [-0.25, -0.2) is 13.8 Å². The van der Waals surface area contributed by atoms with E-state index in [1.807, 2.05) is 6.92 Å². The number of hydrogen-bond acceptors (Lipinski definition) is 4. The lowest BCUT2D eigenvalue weighted by Crippen LogP contribution is -2.45. The summed E-state index contributed by atoms with van der Waals surface area (Å²) < 4.78 is 32.0. The van der Waals surface area contributed by atoms with Crippen molar-refractivity contribution >= 4 is 11.8 Å².